The third-order valence-electron chi connectivity index (χ3n) is 16.8. The van der Waals surface area contributed by atoms with Gasteiger partial charge in [-0.3, -0.25) is 4.79 Å². The maximum Gasteiger partial charge on any atom is 0.220 e. The Hall–Kier alpha value is -1.01. The molecule has 2 rings (SSSR count). The molecule has 0 bridgehead atoms. The summed E-state index contributed by atoms with van der Waals surface area (Å²) in [6.45, 7) is 2.91. The molecule has 2 aliphatic heterocycles. The second kappa shape index (κ2) is 50.5. The molecule has 9 N–H and O–H groups in total. The van der Waals surface area contributed by atoms with Crippen LogP contribution in [0, 0.1) is 0 Å². The molecule has 0 saturated carbocycles. The fraction of sp³-hybridized carbons (Fsp3) is 0.984. The predicted molar refractivity (Wildman–Crippen MR) is 314 cm³/mol. The van der Waals surface area contributed by atoms with Gasteiger partial charge in [-0.15, -0.1) is 0 Å². The summed E-state index contributed by atoms with van der Waals surface area (Å²) in [6, 6.07) is -0.823. The molecule has 2 fully saturated rings. The molecular weight excluding hydrogens is 991 g/mol. The molecule has 464 valence electrons. The molecule has 0 spiro atoms. The Labute approximate surface area is 476 Å². The number of ether oxygens (including phenoxy) is 4. The number of rotatable bonds is 55. The monoisotopic (exact) mass is 1120 g/mol. The van der Waals surface area contributed by atoms with Gasteiger partial charge >= 0.3 is 0 Å². The number of carbonyl (C=O) groups is 1. The van der Waals surface area contributed by atoms with Crippen molar-refractivity contribution in [2.75, 3.05) is 19.8 Å². The fourth-order valence-corrected chi connectivity index (χ4v) is 11.5. The lowest BCUT2D eigenvalue weighted by Gasteiger charge is -2.46. The van der Waals surface area contributed by atoms with E-state index in [-0.39, 0.29) is 12.5 Å². The molecule has 14 nitrogen and oxygen atoms in total. The highest BCUT2D eigenvalue weighted by Gasteiger charge is 2.51. The number of amides is 1. The summed E-state index contributed by atoms with van der Waals surface area (Å²) in [5.41, 5.74) is 0. The van der Waals surface area contributed by atoms with E-state index in [1.165, 1.54) is 231 Å². The molecule has 0 aromatic rings. The first kappa shape index (κ1) is 73.1. The standard InChI is InChI=1S/C64H125NO13/c1-3-5-7-9-11-13-15-17-19-20-21-22-23-24-25-26-27-28-29-30-31-32-34-36-38-40-42-44-46-48-56(69)65-52(53(68)47-45-43-41-39-37-35-33-18-16-14-12-10-8-6-4-2)51-75-63-61(74)59(72)62(55(50-67)77-63)78-64-60(73)58(71)57(70)54(49-66)76-64/h52-55,57-64,66-68,70-74H,3-51H2,1-2H3,(H,65,69)/t52-,53+,54+,55+,57-,58?,59?,60?,61?,62+,63+,64-/m0/s1. The third-order valence-corrected chi connectivity index (χ3v) is 16.8. The van der Waals surface area contributed by atoms with Crippen molar-refractivity contribution in [1.82, 2.24) is 5.32 Å². The summed E-state index contributed by atoms with van der Waals surface area (Å²) in [5.74, 6) is -0.199. The van der Waals surface area contributed by atoms with Gasteiger partial charge < -0.3 is 65.1 Å². The van der Waals surface area contributed by atoms with Crippen molar-refractivity contribution >= 4 is 5.91 Å². The average Bonchev–Trinajstić information content (AvgIpc) is 3.47. The third kappa shape index (κ3) is 35.2. The maximum atomic E-state index is 13.3. The summed E-state index contributed by atoms with van der Waals surface area (Å²) in [4.78, 5) is 13.3. The topological polar surface area (TPSA) is 228 Å². The number of carbonyl (C=O) groups excluding carboxylic acids is 1. The summed E-state index contributed by atoms with van der Waals surface area (Å²) in [6.07, 6.45) is 41.2. The first-order valence-corrected chi connectivity index (χ1v) is 33.3. The van der Waals surface area contributed by atoms with Gasteiger partial charge in [0.25, 0.3) is 0 Å². The normalized spacial score (nSPS) is 24.4. The van der Waals surface area contributed by atoms with E-state index in [2.05, 4.69) is 19.2 Å². The quantitative estimate of drug-likeness (QED) is 0.0259. The van der Waals surface area contributed by atoms with Crippen LogP contribution in [0.1, 0.15) is 309 Å². The van der Waals surface area contributed by atoms with Crippen molar-refractivity contribution in [1.29, 1.82) is 0 Å². The van der Waals surface area contributed by atoms with E-state index in [0.717, 1.165) is 51.4 Å². The van der Waals surface area contributed by atoms with E-state index in [9.17, 15) is 45.6 Å². The Morgan fingerprint density at radius 1 is 0.410 bits per heavy atom. The fourth-order valence-electron chi connectivity index (χ4n) is 11.5. The minimum absolute atomic E-state index is 0.199. The molecule has 0 aromatic heterocycles. The number of hydrogen-bond acceptors (Lipinski definition) is 13. The van der Waals surface area contributed by atoms with Crippen molar-refractivity contribution in [3.05, 3.63) is 0 Å². The molecule has 0 radical (unpaired) electrons. The Morgan fingerprint density at radius 2 is 0.731 bits per heavy atom. The second-order valence-corrected chi connectivity index (χ2v) is 24.0. The lowest BCUT2D eigenvalue weighted by molar-refractivity contribution is -0.359. The van der Waals surface area contributed by atoms with Gasteiger partial charge in [0, 0.05) is 6.42 Å². The van der Waals surface area contributed by atoms with Gasteiger partial charge in [0.15, 0.2) is 12.6 Å². The SMILES string of the molecule is CCCCCCCCCCCCCCCCCCCCCCCCCCCCCCCC(=O)N[C@@H](CO[C@@H]1O[C@H](CO)[C@@H](O[C@@H]2O[C@H](CO)[C@H](O)C(O)C2O)C(O)C1O)[C@H](O)CCCCCCCCCCCCCCCCC. The van der Waals surface area contributed by atoms with Crippen molar-refractivity contribution in [3.63, 3.8) is 0 Å². The van der Waals surface area contributed by atoms with Crippen LogP contribution in [0.4, 0.5) is 0 Å². The minimum Gasteiger partial charge on any atom is -0.394 e. The van der Waals surface area contributed by atoms with Crippen molar-refractivity contribution in [2.45, 2.75) is 383 Å². The van der Waals surface area contributed by atoms with Gasteiger partial charge in [-0.05, 0) is 12.8 Å². The van der Waals surface area contributed by atoms with Gasteiger partial charge in [0.1, 0.15) is 48.8 Å². The molecule has 0 aliphatic carbocycles. The summed E-state index contributed by atoms with van der Waals surface area (Å²) >= 11 is 0. The van der Waals surface area contributed by atoms with Crippen LogP contribution in [0.5, 0.6) is 0 Å². The molecule has 0 aromatic carbocycles. The van der Waals surface area contributed by atoms with Crippen LogP contribution in [0.15, 0.2) is 0 Å². The van der Waals surface area contributed by atoms with Crippen LogP contribution in [-0.4, -0.2) is 140 Å². The van der Waals surface area contributed by atoms with Crippen LogP contribution in [0.25, 0.3) is 0 Å². The molecule has 14 heteroatoms. The second-order valence-electron chi connectivity index (χ2n) is 24.0. The predicted octanol–water partition coefficient (Wildman–Crippen LogP) is 12.5. The van der Waals surface area contributed by atoms with Crippen LogP contribution in [-0.2, 0) is 23.7 Å². The Kier molecular flexibility index (Phi) is 47.3. The molecule has 4 unspecified atom stereocenters. The Balaban J connectivity index is 1.64. The summed E-state index contributed by atoms with van der Waals surface area (Å²) in [5, 5.41) is 87.4. The van der Waals surface area contributed by atoms with E-state index in [0.29, 0.717) is 12.8 Å². The number of unbranched alkanes of at least 4 members (excludes halogenated alkanes) is 42. The van der Waals surface area contributed by atoms with E-state index in [4.69, 9.17) is 18.9 Å². The van der Waals surface area contributed by atoms with Crippen molar-refractivity contribution < 1.29 is 64.6 Å². The van der Waals surface area contributed by atoms with Crippen LogP contribution >= 0.6 is 0 Å². The van der Waals surface area contributed by atoms with E-state index in [1.54, 1.807) is 0 Å². The average molecular weight is 1120 g/mol. The van der Waals surface area contributed by atoms with Gasteiger partial charge in [0.05, 0.1) is 32.0 Å². The van der Waals surface area contributed by atoms with E-state index in [1.807, 2.05) is 0 Å². The maximum absolute atomic E-state index is 13.3. The van der Waals surface area contributed by atoms with Gasteiger partial charge in [0.2, 0.25) is 5.91 Å². The highest BCUT2D eigenvalue weighted by Crippen LogP contribution is 2.30. The number of nitrogens with one attached hydrogen (secondary N) is 1. The Bertz CT molecular complexity index is 1310. The van der Waals surface area contributed by atoms with Gasteiger partial charge in [-0.2, -0.15) is 0 Å². The molecule has 1 amide bonds. The van der Waals surface area contributed by atoms with Crippen molar-refractivity contribution in [3.8, 4) is 0 Å². The molecule has 2 heterocycles. The Morgan fingerprint density at radius 3 is 1.09 bits per heavy atom. The first-order valence-electron chi connectivity index (χ1n) is 33.3. The zero-order chi connectivity index (χ0) is 56.7. The zero-order valence-electron chi connectivity index (χ0n) is 50.2. The molecule has 12 atom stereocenters. The zero-order valence-corrected chi connectivity index (χ0v) is 50.2. The summed E-state index contributed by atoms with van der Waals surface area (Å²) < 4.78 is 22.9. The lowest BCUT2D eigenvalue weighted by atomic mass is 9.97. The van der Waals surface area contributed by atoms with E-state index < -0.39 is 86.8 Å². The first-order chi connectivity index (χ1) is 38.1. The van der Waals surface area contributed by atoms with Gasteiger partial charge in [-0.1, -0.05) is 290 Å². The molecular formula is C64H125NO13. The van der Waals surface area contributed by atoms with E-state index >= 15 is 0 Å². The van der Waals surface area contributed by atoms with Crippen LogP contribution < -0.4 is 5.32 Å². The molecule has 2 saturated heterocycles. The largest absolute Gasteiger partial charge is 0.394 e. The number of hydrogen-bond donors (Lipinski definition) is 9. The van der Waals surface area contributed by atoms with Gasteiger partial charge in [-0.25, -0.2) is 0 Å². The number of aliphatic hydroxyl groups is 8. The molecule has 2 aliphatic rings. The minimum atomic E-state index is -1.78. The lowest BCUT2D eigenvalue weighted by Crippen LogP contribution is -2.65. The van der Waals surface area contributed by atoms with Crippen molar-refractivity contribution in [2.24, 2.45) is 0 Å². The highest BCUT2D eigenvalue weighted by atomic mass is 16.7. The van der Waals surface area contributed by atoms with Crippen LogP contribution in [0.3, 0.4) is 0 Å². The van der Waals surface area contributed by atoms with Crippen LogP contribution in [0.2, 0.25) is 0 Å². The molecule has 78 heavy (non-hydrogen) atoms. The summed E-state index contributed by atoms with van der Waals surface area (Å²) in [7, 11) is 0. The number of aliphatic hydroxyl groups excluding tert-OH is 8. The smallest absolute Gasteiger partial charge is 0.220 e. The highest BCUT2D eigenvalue weighted by molar-refractivity contribution is 5.76.